The van der Waals surface area contributed by atoms with E-state index in [1.807, 2.05) is 13.8 Å². The van der Waals surface area contributed by atoms with Crippen molar-refractivity contribution in [1.82, 2.24) is 5.32 Å². The second-order valence-electron chi connectivity index (χ2n) is 4.26. The molecule has 1 heterocycles. The molecule has 1 N–H and O–H groups in total. The minimum Gasteiger partial charge on any atom is -0.467 e. The Bertz CT molecular complexity index is 259. The van der Waals surface area contributed by atoms with E-state index in [1.165, 1.54) is 7.11 Å². The molecule has 0 aromatic carbocycles. The third-order valence-electron chi connectivity index (χ3n) is 2.64. The molecule has 1 saturated heterocycles. The lowest BCUT2D eigenvalue weighted by atomic mass is 10.0. The van der Waals surface area contributed by atoms with Gasteiger partial charge in [-0.05, 0) is 18.8 Å². The van der Waals surface area contributed by atoms with Crippen molar-refractivity contribution in [2.24, 2.45) is 5.92 Å². The van der Waals surface area contributed by atoms with E-state index in [-0.39, 0.29) is 11.8 Å². The standard InChI is InChI=1S/C11H19NO4/c1-7(2)9(11(14)15-3)12-10(13)8-5-4-6-16-8/h7-9H,4-6H2,1-3H3,(H,12,13)/t8-,9+/m1/s1. The second-order valence-corrected chi connectivity index (χ2v) is 4.26. The number of methoxy groups -OCH3 is 1. The van der Waals surface area contributed by atoms with Crippen LogP contribution in [0.4, 0.5) is 0 Å². The molecule has 5 nitrogen and oxygen atoms in total. The normalized spacial score (nSPS) is 21.9. The molecule has 1 aliphatic heterocycles. The van der Waals surface area contributed by atoms with Crippen molar-refractivity contribution in [3.05, 3.63) is 0 Å². The van der Waals surface area contributed by atoms with E-state index in [9.17, 15) is 9.59 Å². The third kappa shape index (κ3) is 3.20. The van der Waals surface area contributed by atoms with E-state index in [4.69, 9.17) is 4.74 Å². The molecule has 0 unspecified atom stereocenters. The zero-order valence-corrected chi connectivity index (χ0v) is 9.99. The summed E-state index contributed by atoms with van der Waals surface area (Å²) >= 11 is 0. The molecule has 0 bridgehead atoms. The van der Waals surface area contributed by atoms with E-state index in [0.29, 0.717) is 6.61 Å². The molecule has 0 saturated carbocycles. The smallest absolute Gasteiger partial charge is 0.328 e. The van der Waals surface area contributed by atoms with Gasteiger partial charge in [0.2, 0.25) is 5.91 Å². The van der Waals surface area contributed by atoms with Crippen LogP contribution in [0.15, 0.2) is 0 Å². The average Bonchev–Trinajstić information content (AvgIpc) is 2.77. The van der Waals surface area contributed by atoms with Crippen LogP contribution >= 0.6 is 0 Å². The van der Waals surface area contributed by atoms with Crippen LogP contribution in [0.2, 0.25) is 0 Å². The summed E-state index contributed by atoms with van der Waals surface area (Å²) in [7, 11) is 1.32. The zero-order valence-electron chi connectivity index (χ0n) is 9.99. The molecular weight excluding hydrogens is 210 g/mol. The van der Waals surface area contributed by atoms with Crippen molar-refractivity contribution >= 4 is 11.9 Å². The van der Waals surface area contributed by atoms with Gasteiger partial charge in [0.15, 0.2) is 0 Å². The molecule has 0 aliphatic carbocycles. The Hall–Kier alpha value is -1.10. The SMILES string of the molecule is COC(=O)[C@@H](NC(=O)[C@H]1CCCO1)C(C)C. The first-order valence-electron chi connectivity index (χ1n) is 5.56. The van der Waals surface area contributed by atoms with Crippen molar-refractivity contribution in [3.63, 3.8) is 0 Å². The minimum absolute atomic E-state index is 0.00203. The average molecular weight is 229 g/mol. The number of hydrogen-bond donors (Lipinski definition) is 1. The Morgan fingerprint density at radius 1 is 1.44 bits per heavy atom. The summed E-state index contributed by atoms with van der Waals surface area (Å²) in [6.07, 6.45) is 1.20. The fourth-order valence-electron chi connectivity index (χ4n) is 1.66. The van der Waals surface area contributed by atoms with Crippen LogP contribution in [0.1, 0.15) is 26.7 Å². The Balaban J connectivity index is 2.53. The summed E-state index contributed by atoms with van der Waals surface area (Å²) in [6, 6.07) is -0.596. The molecule has 5 heteroatoms. The zero-order chi connectivity index (χ0) is 12.1. The quantitative estimate of drug-likeness (QED) is 0.712. The van der Waals surface area contributed by atoms with E-state index < -0.39 is 18.1 Å². The van der Waals surface area contributed by atoms with Crippen LogP contribution in [-0.4, -0.2) is 37.7 Å². The Morgan fingerprint density at radius 3 is 2.56 bits per heavy atom. The van der Waals surface area contributed by atoms with Crippen LogP contribution in [0.5, 0.6) is 0 Å². The highest BCUT2D eigenvalue weighted by atomic mass is 16.5. The molecule has 0 aromatic rings. The number of rotatable bonds is 4. The van der Waals surface area contributed by atoms with Crippen LogP contribution in [0.3, 0.4) is 0 Å². The van der Waals surface area contributed by atoms with Crippen LogP contribution in [0, 0.1) is 5.92 Å². The first-order valence-corrected chi connectivity index (χ1v) is 5.56. The molecule has 1 aliphatic rings. The van der Waals surface area contributed by atoms with Gasteiger partial charge < -0.3 is 14.8 Å². The second kappa shape index (κ2) is 5.84. The number of nitrogens with one attached hydrogen (secondary N) is 1. The molecular formula is C11H19NO4. The molecule has 16 heavy (non-hydrogen) atoms. The van der Waals surface area contributed by atoms with Crippen molar-refractivity contribution in [2.75, 3.05) is 13.7 Å². The number of amides is 1. The Kier molecular flexibility index (Phi) is 4.73. The minimum atomic E-state index is -0.596. The summed E-state index contributed by atoms with van der Waals surface area (Å²) in [5, 5.41) is 2.67. The molecule has 0 spiro atoms. The van der Waals surface area contributed by atoms with Gasteiger partial charge in [0.05, 0.1) is 7.11 Å². The summed E-state index contributed by atoms with van der Waals surface area (Å²) in [4.78, 5) is 23.2. The molecule has 1 fully saturated rings. The fourth-order valence-corrected chi connectivity index (χ4v) is 1.66. The van der Waals surface area contributed by atoms with E-state index in [0.717, 1.165) is 12.8 Å². The van der Waals surface area contributed by atoms with Gasteiger partial charge in [0.25, 0.3) is 0 Å². The van der Waals surface area contributed by atoms with Crippen molar-refractivity contribution < 1.29 is 19.1 Å². The highest BCUT2D eigenvalue weighted by molar-refractivity contribution is 5.87. The number of carbonyl (C=O) groups is 2. The lowest BCUT2D eigenvalue weighted by molar-refractivity contribution is -0.147. The van der Waals surface area contributed by atoms with E-state index in [2.05, 4.69) is 10.1 Å². The lowest BCUT2D eigenvalue weighted by Crippen LogP contribution is -2.48. The monoisotopic (exact) mass is 229 g/mol. The molecule has 0 aromatic heterocycles. The van der Waals surface area contributed by atoms with Gasteiger partial charge in [-0.1, -0.05) is 13.8 Å². The maximum atomic E-state index is 11.7. The highest BCUT2D eigenvalue weighted by Crippen LogP contribution is 2.13. The number of ether oxygens (including phenoxy) is 2. The first kappa shape index (κ1) is 13.0. The maximum Gasteiger partial charge on any atom is 0.328 e. The summed E-state index contributed by atoms with van der Waals surface area (Å²) < 4.78 is 9.89. The van der Waals surface area contributed by atoms with Crippen molar-refractivity contribution in [1.29, 1.82) is 0 Å². The van der Waals surface area contributed by atoms with Gasteiger partial charge in [0.1, 0.15) is 12.1 Å². The predicted octanol–water partition coefficient (Wildman–Crippen LogP) is 0.479. The van der Waals surface area contributed by atoms with Gasteiger partial charge in [0, 0.05) is 6.61 Å². The molecule has 0 radical (unpaired) electrons. The van der Waals surface area contributed by atoms with E-state index in [1.54, 1.807) is 0 Å². The Labute approximate surface area is 95.5 Å². The topological polar surface area (TPSA) is 64.6 Å². The maximum absolute atomic E-state index is 11.7. The van der Waals surface area contributed by atoms with Gasteiger partial charge in [-0.3, -0.25) is 4.79 Å². The molecule has 1 amide bonds. The van der Waals surface area contributed by atoms with Crippen molar-refractivity contribution in [2.45, 2.75) is 38.8 Å². The van der Waals surface area contributed by atoms with Crippen molar-refractivity contribution in [3.8, 4) is 0 Å². The first-order chi connectivity index (χ1) is 7.56. The lowest BCUT2D eigenvalue weighted by Gasteiger charge is -2.21. The summed E-state index contributed by atoms with van der Waals surface area (Å²) in [6.45, 7) is 4.33. The van der Waals surface area contributed by atoms with Gasteiger partial charge in [-0.25, -0.2) is 4.79 Å². The molecule has 92 valence electrons. The van der Waals surface area contributed by atoms with Gasteiger partial charge >= 0.3 is 5.97 Å². The largest absolute Gasteiger partial charge is 0.467 e. The molecule has 2 atom stereocenters. The summed E-state index contributed by atoms with van der Waals surface area (Å²) in [5.41, 5.74) is 0. The number of hydrogen-bond acceptors (Lipinski definition) is 4. The highest BCUT2D eigenvalue weighted by Gasteiger charge is 2.30. The third-order valence-corrected chi connectivity index (χ3v) is 2.64. The fraction of sp³-hybridized carbons (Fsp3) is 0.818. The van der Waals surface area contributed by atoms with Crippen LogP contribution in [0.25, 0.3) is 0 Å². The predicted molar refractivity (Wildman–Crippen MR) is 57.8 cm³/mol. The van der Waals surface area contributed by atoms with Crippen LogP contribution in [-0.2, 0) is 19.1 Å². The van der Waals surface area contributed by atoms with Crippen LogP contribution < -0.4 is 5.32 Å². The summed E-state index contributed by atoms with van der Waals surface area (Å²) in [5.74, 6) is -0.638. The number of esters is 1. The van der Waals surface area contributed by atoms with E-state index >= 15 is 0 Å². The Morgan fingerprint density at radius 2 is 2.12 bits per heavy atom. The number of carbonyl (C=O) groups excluding carboxylic acids is 2. The van der Waals surface area contributed by atoms with Gasteiger partial charge in [-0.2, -0.15) is 0 Å². The van der Waals surface area contributed by atoms with Gasteiger partial charge in [-0.15, -0.1) is 0 Å². The molecule has 1 rings (SSSR count).